The zero-order valence-corrected chi connectivity index (χ0v) is 12.1. The number of carbonyl (C=O) groups is 1. The van der Waals surface area contributed by atoms with E-state index in [1.807, 2.05) is 24.3 Å². The van der Waals surface area contributed by atoms with E-state index >= 15 is 0 Å². The van der Waals surface area contributed by atoms with Crippen LogP contribution in [0.3, 0.4) is 0 Å². The Labute approximate surface area is 119 Å². The number of hydrogen-bond donors (Lipinski definition) is 1. The van der Waals surface area contributed by atoms with Gasteiger partial charge in [-0.15, -0.1) is 11.6 Å². The van der Waals surface area contributed by atoms with Gasteiger partial charge in [-0.05, 0) is 24.1 Å². The molecule has 4 nitrogen and oxygen atoms in total. The number of nitrogens with one attached hydrogen (secondary N) is 1. The van der Waals surface area contributed by atoms with Crippen molar-refractivity contribution >= 4 is 17.5 Å². The molecule has 1 amide bonds. The number of carbonyl (C=O) groups excluding carboxylic acids is 1. The molecule has 1 aromatic rings. The van der Waals surface area contributed by atoms with Crippen LogP contribution in [0.25, 0.3) is 0 Å². The van der Waals surface area contributed by atoms with Gasteiger partial charge in [0.2, 0.25) is 5.91 Å². The number of amides is 1. The number of benzene rings is 1. The Morgan fingerprint density at radius 2 is 2.00 bits per heavy atom. The van der Waals surface area contributed by atoms with E-state index in [1.165, 1.54) is 0 Å². The van der Waals surface area contributed by atoms with Crippen molar-refractivity contribution in [1.82, 2.24) is 5.32 Å². The monoisotopic (exact) mass is 285 g/mol. The van der Waals surface area contributed by atoms with E-state index in [4.69, 9.17) is 21.1 Å². The molecule has 19 heavy (non-hydrogen) atoms. The van der Waals surface area contributed by atoms with Crippen LogP contribution in [0.5, 0.6) is 5.75 Å². The molecule has 0 aliphatic rings. The predicted octanol–water partition coefficient (Wildman–Crippen LogP) is 2.00. The van der Waals surface area contributed by atoms with E-state index in [-0.39, 0.29) is 11.3 Å². The third-order valence-electron chi connectivity index (χ3n) is 2.65. The fourth-order valence-electron chi connectivity index (χ4n) is 1.62. The van der Waals surface area contributed by atoms with Gasteiger partial charge in [0.25, 0.3) is 0 Å². The lowest BCUT2D eigenvalue weighted by Crippen LogP contribution is -2.28. The Kier molecular flexibility index (Phi) is 7.30. The van der Waals surface area contributed by atoms with E-state index in [1.54, 1.807) is 14.2 Å². The summed E-state index contributed by atoms with van der Waals surface area (Å²) in [5.74, 6) is 0.778. The minimum absolute atomic E-state index is 0.00792. The molecule has 0 spiro atoms. The van der Waals surface area contributed by atoms with Crippen molar-refractivity contribution in [3.05, 3.63) is 29.8 Å². The number of hydrogen-bond acceptors (Lipinski definition) is 3. The molecule has 0 aromatic heterocycles. The molecule has 0 saturated heterocycles. The molecule has 0 aliphatic carbocycles. The van der Waals surface area contributed by atoms with Gasteiger partial charge in [0.1, 0.15) is 5.75 Å². The van der Waals surface area contributed by atoms with Gasteiger partial charge in [0.15, 0.2) is 0 Å². The minimum Gasteiger partial charge on any atom is -0.497 e. The van der Waals surface area contributed by atoms with Gasteiger partial charge in [0.05, 0.1) is 25.5 Å². The van der Waals surface area contributed by atoms with Crippen LogP contribution in [-0.2, 0) is 16.0 Å². The first kappa shape index (κ1) is 15.8. The third kappa shape index (κ3) is 6.45. The third-order valence-corrected chi connectivity index (χ3v) is 3.00. The standard InChI is InChI=1S/C14H20ClNO3/c1-18-10-12(15)7-8-16-14(17)9-11-3-5-13(19-2)6-4-11/h3-6,12H,7-10H2,1-2H3,(H,16,17). The lowest BCUT2D eigenvalue weighted by atomic mass is 10.1. The summed E-state index contributed by atoms with van der Waals surface area (Å²) in [5, 5.41) is 2.78. The summed E-state index contributed by atoms with van der Waals surface area (Å²) in [6.07, 6.45) is 1.06. The average molecular weight is 286 g/mol. The number of halogens is 1. The molecule has 1 aromatic carbocycles. The van der Waals surface area contributed by atoms with Crippen molar-refractivity contribution in [2.24, 2.45) is 0 Å². The fraction of sp³-hybridized carbons (Fsp3) is 0.500. The summed E-state index contributed by atoms with van der Waals surface area (Å²) in [4.78, 5) is 11.7. The van der Waals surface area contributed by atoms with Crippen LogP contribution >= 0.6 is 11.6 Å². The fourth-order valence-corrected chi connectivity index (χ4v) is 1.86. The quantitative estimate of drug-likeness (QED) is 0.743. The van der Waals surface area contributed by atoms with Crippen LogP contribution < -0.4 is 10.1 Å². The molecule has 1 N–H and O–H groups in total. The Morgan fingerprint density at radius 3 is 2.58 bits per heavy atom. The van der Waals surface area contributed by atoms with Crippen LogP contribution in [0.2, 0.25) is 0 Å². The van der Waals surface area contributed by atoms with Crippen molar-refractivity contribution in [1.29, 1.82) is 0 Å². The van der Waals surface area contributed by atoms with Gasteiger partial charge in [-0.25, -0.2) is 0 Å². The number of rotatable bonds is 8. The second-order valence-corrected chi connectivity index (χ2v) is 4.83. The van der Waals surface area contributed by atoms with Gasteiger partial charge < -0.3 is 14.8 Å². The molecule has 1 unspecified atom stereocenters. The molecule has 0 heterocycles. The zero-order chi connectivity index (χ0) is 14.1. The molecule has 5 heteroatoms. The van der Waals surface area contributed by atoms with E-state index in [9.17, 15) is 4.79 Å². The first-order chi connectivity index (χ1) is 9.15. The van der Waals surface area contributed by atoms with Crippen molar-refractivity contribution in [2.45, 2.75) is 18.2 Å². The highest BCUT2D eigenvalue weighted by molar-refractivity contribution is 6.20. The van der Waals surface area contributed by atoms with Crippen LogP contribution in [0.15, 0.2) is 24.3 Å². The SMILES string of the molecule is COCC(Cl)CCNC(=O)Cc1ccc(OC)cc1. The normalized spacial score (nSPS) is 11.9. The molecule has 0 bridgehead atoms. The molecular formula is C14H20ClNO3. The van der Waals surface area contributed by atoms with Crippen molar-refractivity contribution < 1.29 is 14.3 Å². The van der Waals surface area contributed by atoms with Crippen LogP contribution in [0.1, 0.15) is 12.0 Å². The van der Waals surface area contributed by atoms with E-state index < -0.39 is 0 Å². The van der Waals surface area contributed by atoms with Crippen molar-refractivity contribution in [2.75, 3.05) is 27.4 Å². The molecule has 1 atom stereocenters. The first-order valence-electron chi connectivity index (χ1n) is 6.18. The Hall–Kier alpha value is -1.26. The molecule has 106 valence electrons. The maximum atomic E-state index is 11.7. The molecule has 0 radical (unpaired) electrons. The maximum absolute atomic E-state index is 11.7. The lowest BCUT2D eigenvalue weighted by Gasteiger charge is -2.09. The first-order valence-corrected chi connectivity index (χ1v) is 6.62. The largest absolute Gasteiger partial charge is 0.497 e. The second kappa shape index (κ2) is 8.77. The number of ether oxygens (including phenoxy) is 2. The summed E-state index contributed by atoms with van der Waals surface area (Å²) >= 11 is 5.97. The van der Waals surface area contributed by atoms with Crippen LogP contribution in [-0.4, -0.2) is 38.7 Å². The maximum Gasteiger partial charge on any atom is 0.224 e. The number of methoxy groups -OCH3 is 2. The van der Waals surface area contributed by atoms with Gasteiger partial charge in [0, 0.05) is 13.7 Å². The molecular weight excluding hydrogens is 266 g/mol. The summed E-state index contributed by atoms with van der Waals surface area (Å²) in [6, 6.07) is 7.45. The topological polar surface area (TPSA) is 47.6 Å². The van der Waals surface area contributed by atoms with E-state index in [0.717, 1.165) is 11.3 Å². The molecule has 0 aliphatic heterocycles. The summed E-state index contributed by atoms with van der Waals surface area (Å²) in [6.45, 7) is 1.06. The highest BCUT2D eigenvalue weighted by Crippen LogP contribution is 2.11. The smallest absolute Gasteiger partial charge is 0.224 e. The summed E-state index contributed by atoms with van der Waals surface area (Å²) in [7, 11) is 3.22. The summed E-state index contributed by atoms with van der Waals surface area (Å²) in [5.41, 5.74) is 0.956. The average Bonchev–Trinajstić information content (AvgIpc) is 2.40. The Bertz CT molecular complexity index is 381. The highest BCUT2D eigenvalue weighted by Gasteiger charge is 2.06. The van der Waals surface area contributed by atoms with Gasteiger partial charge in [-0.2, -0.15) is 0 Å². The zero-order valence-electron chi connectivity index (χ0n) is 11.3. The minimum atomic E-state index is -0.0636. The van der Waals surface area contributed by atoms with Crippen LogP contribution in [0.4, 0.5) is 0 Å². The van der Waals surface area contributed by atoms with E-state index in [2.05, 4.69) is 5.32 Å². The van der Waals surface area contributed by atoms with Crippen molar-refractivity contribution in [3.8, 4) is 5.75 Å². The van der Waals surface area contributed by atoms with Gasteiger partial charge >= 0.3 is 0 Å². The van der Waals surface area contributed by atoms with Gasteiger partial charge in [-0.1, -0.05) is 12.1 Å². The highest BCUT2D eigenvalue weighted by atomic mass is 35.5. The molecule has 0 fully saturated rings. The second-order valence-electron chi connectivity index (χ2n) is 4.22. The molecule has 1 rings (SSSR count). The number of alkyl halides is 1. The van der Waals surface area contributed by atoms with E-state index in [0.29, 0.717) is 26.0 Å². The Morgan fingerprint density at radius 1 is 1.32 bits per heavy atom. The Balaban J connectivity index is 2.26. The summed E-state index contributed by atoms with van der Waals surface area (Å²) < 4.78 is 9.98. The lowest BCUT2D eigenvalue weighted by molar-refractivity contribution is -0.120. The molecule has 0 saturated carbocycles. The predicted molar refractivity (Wildman–Crippen MR) is 75.8 cm³/mol. The van der Waals surface area contributed by atoms with Gasteiger partial charge in [-0.3, -0.25) is 4.79 Å². The van der Waals surface area contributed by atoms with Crippen molar-refractivity contribution in [3.63, 3.8) is 0 Å². The van der Waals surface area contributed by atoms with Crippen LogP contribution in [0, 0.1) is 0 Å².